The zero-order chi connectivity index (χ0) is 18.9. The number of amides is 1. The normalized spacial score (nSPS) is 27.0. The van der Waals surface area contributed by atoms with Gasteiger partial charge in [-0.2, -0.15) is 0 Å². The summed E-state index contributed by atoms with van der Waals surface area (Å²) in [4.78, 5) is 19.7. The standard InChI is InChI=1S/C22H27N3O2S/c26-22(23-18-15-24-9-7-16(18)8-10-24)21-6-5-20(28-21)17-3-1-2-4-19(17)25-11-13-27-14-12-25/h1-6,16,18H,7-15H2,(H,23,26). The Kier molecular flexibility index (Phi) is 5.09. The molecule has 28 heavy (non-hydrogen) atoms. The predicted molar refractivity (Wildman–Crippen MR) is 113 cm³/mol. The number of morpholine rings is 1. The van der Waals surface area contributed by atoms with Crippen LogP contribution < -0.4 is 10.2 Å². The number of thiophene rings is 1. The smallest absolute Gasteiger partial charge is 0.261 e. The van der Waals surface area contributed by atoms with Crippen molar-refractivity contribution in [1.29, 1.82) is 0 Å². The van der Waals surface area contributed by atoms with Gasteiger partial charge in [-0.25, -0.2) is 0 Å². The van der Waals surface area contributed by atoms with E-state index in [-0.39, 0.29) is 5.91 Å². The summed E-state index contributed by atoms with van der Waals surface area (Å²) < 4.78 is 5.50. The highest BCUT2D eigenvalue weighted by Crippen LogP contribution is 2.36. The van der Waals surface area contributed by atoms with Crippen LogP contribution in [0.15, 0.2) is 36.4 Å². The fourth-order valence-corrected chi connectivity index (χ4v) is 5.68. The molecule has 4 aliphatic rings. The maximum atomic E-state index is 12.9. The lowest BCUT2D eigenvalue weighted by Crippen LogP contribution is -2.57. The number of nitrogens with zero attached hydrogens (tertiary/aromatic N) is 2. The summed E-state index contributed by atoms with van der Waals surface area (Å²) in [6, 6.07) is 12.9. The molecule has 5 nitrogen and oxygen atoms in total. The van der Waals surface area contributed by atoms with E-state index in [2.05, 4.69) is 45.4 Å². The molecule has 1 N–H and O–H groups in total. The third-order valence-electron chi connectivity index (χ3n) is 6.32. The SMILES string of the molecule is O=C(NC1CN2CCC1CC2)c1ccc(-c2ccccc2N2CCOCC2)s1. The molecule has 2 bridgehead atoms. The summed E-state index contributed by atoms with van der Waals surface area (Å²) >= 11 is 1.60. The average Bonchev–Trinajstić information content (AvgIpc) is 3.26. The third kappa shape index (κ3) is 3.56. The molecule has 1 atom stereocenters. The minimum absolute atomic E-state index is 0.0823. The molecule has 1 amide bonds. The molecular formula is C22H27N3O2S. The lowest BCUT2D eigenvalue weighted by atomic mass is 9.84. The van der Waals surface area contributed by atoms with Crippen LogP contribution in [0.2, 0.25) is 0 Å². The summed E-state index contributed by atoms with van der Waals surface area (Å²) in [7, 11) is 0. The van der Waals surface area contributed by atoms with Gasteiger partial charge in [-0.1, -0.05) is 18.2 Å². The summed E-state index contributed by atoms with van der Waals surface area (Å²) in [6.07, 6.45) is 2.43. The Morgan fingerprint density at radius 1 is 1.04 bits per heavy atom. The molecule has 5 heterocycles. The van der Waals surface area contributed by atoms with Crippen LogP contribution in [0, 0.1) is 5.92 Å². The van der Waals surface area contributed by atoms with Gasteiger partial charge in [0.15, 0.2) is 0 Å². The Morgan fingerprint density at radius 2 is 1.82 bits per heavy atom. The second kappa shape index (κ2) is 7.85. The number of anilines is 1. The second-order valence-corrected chi connectivity index (χ2v) is 9.08. The highest BCUT2D eigenvalue weighted by atomic mass is 32.1. The highest BCUT2D eigenvalue weighted by Gasteiger charge is 2.35. The van der Waals surface area contributed by atoms with Gasteiger partial charge in [-0.15, -0.1) is 11.3 Å². The maximum Gasteiger partial charge on any atom is 0.261 e. The van der Waals surface area contributed by atoms with Crippen LogP contribution >= 0.6 is 11.3 Å². The first-order chi connectivity index (χ1) is 13.8. The molecule has 0 saturated carbocycles. The first-order valence-corrected chi connectivity index (χ1v) is 11.1. The quantitative estimate of drug-likeness (QED) is 0.861. The summed E-state index contributed by atoms with van der Waals surface area (Å²) in [5, 5.41) is 3.31. The number of ether oxygens (including phenoxy) is 1. The number of para-hydroxylation sites is 1. The van der Waals surface area contributed by atoms with E-state index in [1.165, 1.54) is 37.2 Å². The second-order valence-electron chi connectivity index (χ2n) is 8.00. The number of hydrogen-bond acceptors (Lipinski definition) is 5. The number of piperidine rings is 3. The van der Waals surface area contributed by atoms with Crippen molar-refractivity contribution >= 4 is 22.9 Å². The molecule has 4 aliphatic heterocycles. The zero-order valence-corrected chi connectivity index (χ0v) is 16.9. The molecule has 6 heteroatoms. The molecular weight excluding hydrogens is 370 g/mol. The number of carbonyl (C=O) groups excluding carboxylic acids is 1. The van der Waals surface area contributed by atoms with Gasteiger partial charge in [0.05, 0.1) is 18.1 Å². The van der Waals surface area contributed by atoms with Crippen LogP contribution in [0.3, 0.4) is 0 Å². The fourth-order valence-electron chi connectivity index (χ4n) is 4.73. The topological polar surface area (TPSA) is 44.8 Å². The summed E-state index contributed by atoms with van der Waals surface area (Å²) in [5.41, 5.74) is 2.44. The van der Waals surface area contributed by atoms with Crippen molar-refractivity contribution in [2.45, 2.75) is 18.9 Å². The number of carbonyl (C=O) groups is 1. The fraction of sp³-hybridized carbons (Fsp3) is 0.500. The van der Waals surface area contributed by atoms with Crippen molar-refractivity contribution in [3.05, 3.63) is 41.3 Å². The monoisotopic (exact) mass is 397 g/mol. The number of rotatable bonds is 4. The lowest BCUT2D eigenvalue weighted by molar-refractivity contribution is 0.0622. The Hall–Kier alpha value is -1.89. The molecule has 1 unspecified atom stereocenters. The van der Waals surface area contributed by atoms with E-state index in [1.807, 2.05) is 6.07 Å². The van der Waals surface area contributed by atoms with Gasteiger partial charge in [-0.05, 0) is 50.0 Å². The molecule has 2 aromatic rings. The van der Waals surface area contributed by atoms with Crippen LogP contribution in [-0.4, -0.2) is 62.8 Å². The van der Waals surface area contributed by atoms with E-state index < -0.39 is 0 Å². The lowest BCUT2D eigenvalue weighted by Gasteiger charge is -2.44. The number of nitrogens with one attached hydrogen (secondary N) is 1. The van der Waals surface area contributed by atoms with Gasteiger partial charge in [0.1, 0.15) is 0 Å². The minimum atomic E-state index is 0.0823. The van der Waals surface area contributed by atoms with E-state index in [0.29, 0.717) is 12.0 Å². The average molecular weight is 398 g/mol. The largest absolute Gasteiger partial charge is 0.378 e. The molecule has 0 aliphatic carbocycles. The van der Waals surface area contributed by atoms with Gasteiger partial charge >= 0.3 is 0 Å². The van der Waals surface area contributed by atoms with Crippen molar-refractivity contribution < 1.29 is 9.53 Å². The van der Waals surface area contributed by atoms with Crippen molar-refractivity contribution in [2.24, 2.45) is 5.92 Å². The predicted octanol–water partition coefficient (Wildman–Crippen LogP) is 3.08. The van der Waals surface area contributed by atoms with E-state index in [9.17, 15) is 4.79 Å². The van der Waals surface area contributed by atoms with Crippen LogP contribution in [0.1, 0.15) is 22.5 Å². The van der Waals surface area contributed by atoms with Crippen LogP contribution in [0.5, 0.6) is 0 Å². The van der Waals surface area contributed by atoms with Gasteiger partial charge < -0.3 is 19.9 Å². The molecule has 148 valence electrons. The van der Waals surface area contributed by atoms with E-state index in [0.717, 1.165) is 42.6 Å². The minimum Gasteiger partial charge on any atom is -0.378 e. The van der Waals surface area contributed by atoms with Crippen molar-refractivity contribution in [3.8, 4) is 10.4 Å². The van der Waals surface area contributed by atoms with Crippen LogP contribution in [0.4, 0.5) is 5.69 Å². The summed E-state index contributed by atoms with van der Waals surface area (Å²) in [5.74, 6) is 0.731. The van der Waals surface area contributed by atoms with Gasteiger partial charge in [0, 0.05) is 41.8 Å². The van der Waals surface area contributed by atoms with Crippen molar-refractivity contribution in [1.82, 2.24) is 10.2 Å². The number of fused-ring (bicyclic) bond motifs is 3. The van der Waals surface area contributed by atoms with Gasteiger partial charge in [0.2, 0.25) is 0 Å². The zero-order valence-electron chi connectivity index (χ0n) is 16.1. The van der Waals surface area contributed by atoms with Crippen molar-refractivity contribution in [2.75, 3.05) is 50.8 Å². The molecule has 4 saturated heterocycles. The molecule has 6 rings (SSSR count). The first kappa shape index (κ1) is 18.2. The van der Waals surface area contributed by atoms with E-state index >= 15 is 0 Å². The van der Waals surface area contributed by atoms with Gasteiger partial charge in [0.25, 0.3) is 5.91 Å². The molecule has 0 radical (unpaired) electrons. The van der Waals surface area contributed by atoms with Crippen LogP contribution in [0.25, 0.3) is 10.4 Å². The summed E-state index contributed by atoms with van der Waals surface area (Å²) in [6.45, 7) is 6.76. The number of hydrogen-bond donors (Lipinski definition) is 1. The maximum absolute atomic E-state index is 12.9. The van der Waals surface area contributed by atoms with Crippen molar-refractivity contribution in [3.63, 3.8) is 0 Å². The Morgan fingerprint density at radius 3 is 2.57 bits per heavy atom. The van der Waals surface area contributed by atoms with Crippen LogP contribution in [-0.2, 0) is 4.74 Å². The van der Waals surface area contributed by atoms with Gasteiger partial charge in [-0.3, -0.25) is 4.79 Å². The third-order valence-corrected chi connectivity index (χ3v) is 7.44. The molecule has 4 fully saturated rings. The molecule has 0 spiro atoms. The first-order valence-electron chi connectivity index (χ1n) is 10.3. The Labute approximate surface area is 170 Å². The van der Waals surface area contributed by atoms with E-state index in [4.69, 9.17) is 4.74 Å². The number of benzene rings is 1. The Bertz CT molecular complexity index is 838. The molecule has 1 aromatic heterocycles. The Balaban J connectivity index is 1.33. The highest BCUT2D eigenvalue weighted by molar-refractivity contribution is 7.17. The molecule has 1 aromatic carbocycles. The van der Waals surface area contributed by atoms with E-state index in [1.54, 1.807) is 11.3 Å².